The zero-order valence-corrected chi connectivity index (χ0v) is 13.7. The molecule has 0 bridgehead atoms. The molecule has 1 amide bonds. The zero-order valence-electron chi connectivity index (χ0n) is 13.7. The van der Waals surface area contributed by atoms with Gasteiger partial charge in [0, 0.05) is 29.9 Å². The Labute approximate surface area is 140 Å². The van der Waals surface area contributed by atoms with Crippen molar-refractivity contribution in [1.82, 2.24) is 4.98 Å². The molecule has 0 spiro atoms. The number of H-pyrrole nitrogens is 1. The molecule has 1 aliphatic carbocycles. The number of anilines is 1. The number of carbonyl (C=O) groups excluding carboxylic acids is 1. The molecule has 0 atom stereocenters. The fourth-order valence-electron chi connectivity index (χ4n) is 3.59. The van der Waals surface area contributed by atoms with Crippen molar-refractivity contribution < 1.29 is 19.4 Å². The monoisotopic (exact) mass is 330 g/mol. The number of fused-ring (bicyclic) bond motifs is 1. The summed E-state index contributed by atoms with van der Waals surface area (Å²) in [6.07, 6.45) is 6.36. The molecule has 2 aromatic rings. The summed E-state index contributed by atoms with van der Waals surface area (Å²) in [5.41, 5.74) is 1.11. The highest BCUT2D eigenvalue weighted by molar-refractivity contribution is 6.05. The van der Waals surface area contributed by atoms with Gasteiger partial charge >= 0.3 is 5.97 Å². The van der Waals surface area contributed by atoms with Crippen LogP contribution in [-0.2, 0) is 9.53 Å². The van der Waals surface area contributed by atoms with E-state index in [0.717, 1.165) is 32.1 Å². The highest BCUT2D eigenvalue weighted by Gasteiger charge is 2.39. The molecule has 3 N–H and O–H groups in total. The maximum atomic E-state index is 12.8. The van der Waals surface area contributed by atoms with E-state index in [0.29, 0.717) is 23.2 Å². The number of benzene rings is 1. The molecule has 3 rings (SSSR count). The molecule has 1 aromatic heterocycles. The van der Waals surface area contributed by atoms with E-state index < -0.39 is 11.4 Å². The molecule has 1 fully saturated rings. The Balaban J connectivity index is 1.83. The summed E-state index contributed by atoms with van der Waals surface area (Å²) in [7, 11) is 1.63. The average molecular weight is 330 g/mol. The number of nitrogens with one attached hydrogen (secondary N) is 2. The van der Waals surface area contributed by atoms with Crippen LogP contribution in [0.25, 0.3) is 10.9 Å². The van der Waals surface area contributed by atoms with Crippen LogP contribution in [0.3, 0.4) is 0 Å². The first-order valence-corrected chi connectivity index (χ1v) is 8.20. The van der Waals surface area contributed by atoms with Crippen LogP contribution in [0.1, 0.15) is 42.5 Å². The minimum atomic E-state index is -0.973. The first kappa shape index (κ1) is 16.5. The van der Waals surface area contributed by atoms with Crippen molar-refractivity contribution in [3.05, 3.63) is 30.0 Å². The molecule has 0 unspecified atom stereocenters. The highest BCUT2D eigenvalue weighted by Crippen LogP contribution is 2.38. The Morgan fingerprint density at radius 3 is 2.71 bits per heavy atom. The van der Waals surface area contributed by atoms with Gasteiger partial charge < -0.3 is 20.1 Å². The summed E-state index contributed by atoms with van der Waals surface area (Å²) in [6.45, 7) is 0.423. The van der Waals surface area contributed by atoms with Crippen LogP contribution < -0.4 is 5.32 Å². The van der Waals surface area contributed by atoms with E-state index in [9.17, 15) is 9.59 Å². The van der Waals surface area contributed by atoms with Crippen LogP contribution in [0.15, 0.2) is 24.4 Å². The number of aromatic nitrogens is 1. The normalized spacial score (nSPS) is 16.9. The summed E-state index contributed by atoms with van der Waals surface area (Å²) in [5.74, 6) is -0.993. The van der Waals surface area contributed by atoms with Crippen molar-refractivity contribution in [2.24, 2.45) is 5.41 Å². The summed E-state index contributed by atoms with van der Waals surface area (Å²) in [5, 5.41) is 12.8. The van der Waals surface area contributed by atoms with Crippen LogP contribution in [0, 0.1) is 5.41 Å². The fourth-order valence-corrected chi connectivity index (χ4v) is 3.59. The summed E-state index contributed by atoms with van der Waals surface area (Å²) in [4.78, 5) is 26.9. The van der Waals surface area contributed by atoms with Gasteiger partial charge in [0.05, 0.1) is 17.6 Å². The Kier molecular flexibility index (Phi) is 4.57. The number of aromatic carboxylic acids is 1. The number of rotatable bonds is 5. The van der Waals surface area contributed by atoms with E-state index in [-0.39, 0.29) is 11.5 Å². The Morgan fingerprint density at radius 1 is 1.29 bits per heavy atom. The Hall–Kier alpha value is -2.34. The standard InChI is InChI=1S/C18H22N2O4/c1-24-11-18(7-3-2-4-8-18)17(23)20-12-5-6-13-14(16(21)22)10-19-15(13)9-12/h5-6,9-10,19H,2-4,7-8,11H2,1H3,(H,20,23)(H,21,22). The van der Waals surface area contributed by atoms with Gasteiger partial charge in [0.2, 0.25) is 5.91 Å². The van der Waals surface area contributed by atoms with Gasteiger partial charge in [-0.15, -0.1) is 0 Å². The predicted octanol–water partition coefficient (Wildman–Crippen LogP) is 3.40. The molecule has 1 heterocycles. The minimum Gasteiger partial charge on any atom is -0.478 e. The van der Waals surface area contributed by atoms with Crippen molar-refractivity contribution in [1.29, 1.82) is 0 Å². The third-order valence-electron chi connectivity index (χ3n) is 4.88. The number of methoxy groups -OCH3 is 1. The van der Waals surface area contributed by atoms with Gasteiger partial charge in [-0.05, 0) is 31.0 Å². The van der Waals surface area contributed by atoms with Crippen LogP contribution in [0.2, 0.25) is 0 Å². The number of aromatic amines is 1. The molecular weight excluding hydrogens is 308 g/mol. The SMILES string of the molecule is COCC1(C(=O)Nc2ccc3c(C(=O)O)c[nH]c3c2)CCCCC1. The van der Waals surface area contributed by atoms with Gasteiger partial charge in [-0.2, -0.15) is 0 Å². The Morgan fingerprint density at radius 2 is 2.04 bits per heavy atom. The molecule has 1 aromatic carbocycles. The summed E-state index contributed by atoms with van der Waals surface area (Å²) in [6, 6.07) is 5.22. The van der Waals surface area contributed by atoms with E-state index in [2.05, 4.69) is 10.3 Å². The second-order valence-corrected chi connectivity index (χ2v) is 6.50. The average Bonchev–Trinajstić information content (AvgIpc) is 2.99. The molecular formula is C18H22N2O4. The molecule has 24 heavy (non-hydrogen) atoms. The van der Waals surface area contributed by atoms with Crippen LogP contribution in [-0.4, -0.2) is 35.7 Å². The number of hydrogen-bond acceptors (Lipinski definition) is 3. The van der Waals surface area contributed by atoms with Crippen molar-refractivity contribution >= 4 is 28.5 Å². The first-order chi connectivity index (χ1) is 11.6. The summed E-state index contributed by atoms with van der Waals surface area (Å²) < 4.78 is 5.31. The summed E-state index contributed by atoms with van der Waals surface area (Å²) >= 11 is 0. The van der Waals surface area contributed by atoms with Crippen molar-refractivity contribution in [2.45, 2.75) is 32.1 Å². The number of carboxylic acid groups (broad SMARTS) is 1. The van der Waals surface area contributed by atoms with Crippen molar-refractivity contribution in [3.8, 4) is 0 Å². The lowest BCUT2D eigenvalue weighted by Crippen LogP contribution is -2.41. The number of carboxylic acids is 1. The van der Waals surface area contributed by atoms with E-state index in [1.807, 2.05) is 0 Å². The largest absolute Gasteiger partial charge is 0.478 e. The molecule has 128 valence electrons. The topological polar surface area (TPSA) is 91.4 Å². The number of amides is 1. The minimum absolute atomic E-state index is 0.0200. The van der Waals surface area contributed by atoms with Gasteiger partial charge in [0.1, 0.15) is 0 Å². The lowest BCUT2D eigenvalue weighted by molar-refractivity contribution is -0.131. The Bertz CT molecular complexity index is 754. The fraction of sp³-hybridized carbons (Fsp3) is 0.444. The van der Waals surface area contributed by atoms with Gasteiger partial charge in [-0.1, -0.05) is 19.3 Å². The third-order valence-corrected chi connectivity index (χ3v) is 4.88. The number of ether oxygens (including phenoxy) is 1. The third kappa shape index (κ3) is 3.01. The second kappa shape index (κ2) is 6.65. The van der Waals surface area contributed by atoms with Crippen molar-refractivity contribution in [3.63, 3.8) is 0 Å². The molecule has 0 saturated heterocycles. The maximum Gasteiger partial charge on any atom is 0.337 e. The van der Waals surface area contributed by atoms with Crippen LogP contribution >= 0.6 is 0 Å². The van der Waals surface area contributed by atoms with Crippen LogP contribution in [0.4, 0.5) is 5.69 Å². The maximum absolute atomic E-state index is 12.8. The quantitative estimate of drug-likeness (QED) is 0.783. The highest BCUT2D eigenvalue weighted by atomic mass is 16.5. The first-order valence-electron chi connectivity index (χ1n) is 8.20. The van der Waals surface area contributed by atoms with E-state index in [1.54, 1.807) is 25.3 Å². The van der Waals surface area contributed by atoms with E-state index in [4.69, 9.17) is 9.84 Å². The second-order valence-electron chi connectivity index (χ2n) is 6.50. The van der Waals surface area contributed by atoms with Gasteiger partial charge in [-0.3, -0.25) is 4.79 Å². The molecule has 1 aliphatic rings. The van der Waals surface area contributed by atoms with Gasteiger partial charge in [0.25, 0.3) is 0 Å². The van der Waals surface area contributed by atoms with E-state index in [1.165, 1.54) is 6.20 Å². The lowest BCUT2D eigenvalue weighted by Gasteiger charge is -2.35. The number of carbonyl (C=O) groups is 2. The molecule has 1 saturated carbocycles. The molecule has 6 nitrogen and oxygen atoms in total. The lowest BCUT2D eigenvalue weighted by atomic mass is 9.74. The van der Waals surface area contributed by atoms with Gasteiger partial charge in [-0.25, -0.2) is 4.79 Å². The molecule has 0 aliphatic heterocycles. The smallest absolute Gasteiger partial charge is 0.337 e. The molecule has 0 radical (unpaired) electrons. The molecule has 6 heteroatoms. The zero-order chi connectivity index (χ0) is 17.2. The van der Waals surface area contributed by atoms with E-state index >= 15 is 0 Å². The number of hydrogen-bond donors (Lipinski definition) is 3. The predicted molar refractivity (Wildman–Crippen MR) is 91.3 cm³/mol. The van der Waals surface area contributed by atoms with Crippen LogP contribution in [0.5, 0.6) is 0 Å². The van der Waals surface area contributed by atoms with Gasteiger partial charge in [0.15, 0.2) is 0 Å². The van der Waals surface area contributed by atoms with Crippen molar-refractivity contribution in [2.75, 3.05) is 19.0 Å².